The molecule has 10 heteroatoms. The summed E-state index contributed by atoms with van der Waals surface area (Å²) in [5.74, 6) is -0.430. The van der Waals surface area contributed by atoms with Gasteiger partial charge in [0.2, 0.25) is 5.95 Å². The lowest BCUT2D eigenvalue weighted by Gasteiger charge is -2.34. The van der Waals surface area contributed by atoms with Gasteiger partial charge in [-0.2, -0.15) is 4.39 Å². The molecule has 1 aromatic rings. The number of anilines is 1. The van der Waals surface area contributed by atoms with E-state index in [9.17, 15) is 9.18 Å². The van der Waals surface area contributed by atoms with Crippen LogP contribution in [0.15, 0.2) is 17.3 Å². The molecule has 1 saturated carbocycles. The Morgan fingerprint density at radius 1 is 1.41 bits per heavy atom. The topological polar surface area (TPSA) is 90.0 Å². The molecule has 178 valence electrons. The van der Waals surface area contributed by atoms with Crippen molar-refractivity contribution in [2.24, 2.45) is 10.9 Å². The predicted molar refractivity (Wildman–Crippen MR) is 130 cm³/mol. The molecule has 0 aromatic carbocycles. The summed E-state index contributed by atoms with van der Waals surface area (Å²) in [5, 5.41) is 0.718. The first kappa shape index (κ1) is 25.0. The van der Waals surface area contributed by atoms with Gasteiger partial charge in [-0.25, -0.2) is 14.7 Å². The number of carbonyl (C=O) groups is 1. The van der Waals surface area contributed by atoms with Gasteiger partial charge in [-0.1, -0.05) is 31.4 Å². The number of fused-ring (bicyclic) bond motifs is 1. The van der Waals surface area contributed by atoms with Gasteiger partial charge in [0.15, 0.2) is 5.17 Å². The fourth-order valence-electron chi connectivity index (χ4n) is 3.58. The highest BCUT2D eigenvalue weighted by Crippen LogP contribution is 2.58. The number of halogens is 1. The van der Waals surface area contributed by atoms with Gasteiger partial charge in [0, 0.05) is 31.4 Å². The van der Waals surface area contributed by atoms with Crippen LogP contribution in [0.4, 0.5) is 14.9 Å². The van der Waals surface area contributed by atoms with Crippen LogP contribution in [0.2, 0.25) is 25.7 Å². The van der Waals surface area contributed by atoms with E-state index in [1.54, 1.807) is 6.07 Å². The molecule has 1 aromatic heterocycles. The standard InChI is InChI=1S/C22H35FN4O3SSi/c1-21(2,3)30-20(28)27(13-29-8-9-32(5,6)7)19-26-22(4,15-11-17(15)31-19)16-10-14(24)12-25-18(16)23/h10,12,15,17H,8-9,11,13,24H2,1-7H3/t15-,17?,22+/m1/s1. The van der Waals surface area contributed by atoms with E-state index in [1.165, 1.54) is 22.9 Å². The average molecular weight is 483 g/mol. The van der Waals surface area contributed by atoms with E-state index < -0.39 is 31.3 Å². The first-order valence-electron chi connectivity index (χ1n) is 11.0. The molecule has 1 unspecified atom stereocenters. The average Bonchev–Trinajstić information content (AvgIpc) is 3.41. The Labute approximate surface area is 195 Å². The first-order chi connectivity index (χ1) is 14.7. The number of amidine groups is 1. The molecule has 0 radical (unpaired) electrons. The third kappa shape index (κ3) is 6.02. The van der Waals surface area contributed by atoms with Gasteiger partial charge < -0.3 is 15.2 Å². The van der Waals surface area contributed by atoms with E-state index in [0.29, 0.717) is 23.0 Å². The highest BCUT2D eigenvalue weighted by Gasteiger charge is 2.57. The fraction of sp³-hybridized carbons (Fsp3) is 0.682. The van der Waals surface area contributed by atoms with Gasteiger partial charge in [-0.3, -0.25) is 4.99 Å². The van der Waals surface area contributed by atoms with E-state index in [1.807, 2.05) is 27.7 Å². The van der Waals surface area contributed by atoms with Gasteiger partial charge in [0.05, 0.1) is 17.4 Å². The minimum absolute atomic E-state index is 0.0380. The lowest BCUT2D eigenvalue weighted by molar-refractivity contribution is 0.0110. The van der Waals surface area contributed by atoms with Crippen molar-refractivity contribution in [1.29, 1.82) is 0 Å². The van der Waals surface area contributed by atoms with Crippen molar-refractivity contribution in [2.75, 3.05) is 19.1 Å². The van der Waals surface area contributed by atoms with Crippen LogP contribution < -0.4 is 5.73 Å². The summed E-state index contributed by atoms with van der Waals surface area (Å²) in [6, 6.07) is 2.58. The van der Waals surface area contributed by atoms with Gasteiger partial charge in [-0.05, 0) is 46.2 Å². The largest absolute Gasteiger partial charge is 0.443 e. The lowest BCUT2D eigenvalue weighted by atomic mass is 9.88. The van der Waals surface area contributed by atoms with Crippen LogP contribution >= 0.6 is 11.8 Å². The molecule has 1 amide bonds. The summed E-state index contributed by atoms with van der Waals surface area (Å²) in [6.07, 6.45) is 1.65. The van der Waals surface area contributed by atoms with Crippen LogP contribution in [0.3, 0.4) is 0 Å². The highest BCUT2D eigenvalue weighted by molar-refractivity contribution is 8.14. The SMILES string of the molecule is CC(C)(C)OC(=O)N(COCC[Si](C)(C)C)C1=N[C@](C)(c2cc(N)cnc2F)[C@@H]2CC2S1. The van der Waals surface area contributed by atoms with Gasteiger partial charge in [-0.15, -0.1) is 0 Å². The molecule has 2 aliphatic rings. The molecule has 3 atom stereocenters. The Hall–Kier alpha value is -1.65. The number of ether oxygens (including phenoxy) is 2. The molecule has 1 aliphatic carbocycles. The molecular formula is C22H35FN4O3SSi. The van der Waals surface area contributed by atoms with E-state index in [0.717, 1.165) is 12.5 Å². The first-order valence-corrected chi connectivity index (χ1v) is 15.5. The number of aromatic nitrogens is 1. The number of nitrogens with zero attached hydrogens (tertiary/aromatic N) is 3. The summed E-state index contributed by atoms with van der Waals surface area (Å²) in [5.41, 5.74) is 5.10. The zero-order chi connectivity index (χ0) is 23.9. The van der Waals surface area contributed by atoms with Crippen molar-refractivity contribution in [1.82, 2.24) is 9.88 Å². The van der Waals surface area contributed by atoms with E-state index in [-0.39, 0.29) is 17.9 Å². The second kappa shape index (κ2) is 8.94. The number of hydrogen-bond donors (Lipinski definition) is 1. The molecule has 1 fully saturated rings. The number of hydrogen-bond acceptors (Lipinski definition) is 7. The van der Waals surface area contributed by atoms with E-state index in [2.05, 4.69) is 24.6 Å². The predicted octanol–water partition coefficient (Wildman–Crippen LogP) is 5.06. The number of pyridine rings is 1. The normalized spacial score (nSPS) is 25.1. The van der Waals surface area contributed by atoms with Crippen LogP contribution in [0.1, 0.15) is 39.7 Å². The summed E-state index contributed by atoms with van der Waals surface area (Å²) < 4.78 is 26.2. The molecular weight excluding hydrogens is 447 g/mol. The number of thioether (sulfide) groups is 1. The number of nitrogens with two attached hydrogens (primary N) is 1. The van der Waals surface area contributed by atoms with E-state index in [4.69, 9.17) is 20.2 Å². The molecule has 0 bridgehead atoms. The van der Waals surface area contributed by atoms with Crippen LogP contribution in [0.5, 0.6) is 0 Å². The van der Waals surface area contributed by atoms with Crippen molar-refractivity contribution in [3.05, 3.63) is 23.8 Å². The van der Waals surface area contributed by atoms with Gasteiger partial charge >= 0.3 is 6.09 Å². The second-order valence-corrected chi connectivity index (χ2v) is 17.7. The van der Waals surface area contributed by atoms with Crippen molar-refractivity contribution in [3.8, 4) is 0 Å². The Morgan fingerprint density at radius 3 is 2.72 bits per heavy atom. The number of rotatable bonds is 6. The maximum Gasteiger partial charge on any atom is 0.418 e. The Morgan fingerprint density at radius 2 is 2.09 bits per heavy atom. The molecule has 7 nitrogen and oxygen atoms in total. The summed E-state index contributed by atoms with van der Waals surface area (Å²) in [7, 11) is -1.27. The quantitative estimate of drug-likeness (QED) is 0.264. The monoisotopic (exact) mass is 482 g/mol. The number of aliphatic imine (C=N–C) groups is 1. The minimum atomic E-state index is -1.27. The Balaban J connectivity index is 1.90. The second-order valence-electron chi connectivity index (χ2n) is 10.9. The maximum atomic E-state index is 14.7. The van der Waals surface area contributed by atoms with Crippen molar-refractivity contribution >= 4 is 36.8 Å². The smallest absolute Gasteiger partial charge is 0.418 e. The van der Waals surface area contributed by atoms with Gasteiger partial charge in [0.25, 0.3) is 0 Å². The molecule has 2 N–H and O–H groups in total. The zero-order valence-electron chi connectivity index (χ0n) is 20.1. The fourth-order valence-corrected chi connectivity index (χ4v) is 5.83. The number of carbonyl (C=O) groups excluding carboxylic acids is 1. The summed E-state index contributed by atoms with van der Waals surface area (Å²) in [6.45, 7) is 14.8. The van der Waals surface area contributed by atoms with Crippen LogP contribution in [-0.2, 0) is 15.0 Å². The third-order valence-corrected chi connectivity index (χ3v) is 8.56. The maximum absolute atomic E-state index is 14.7. The molecule has 32 heavy (non-hydrogen) atoms. The van der Waals surface area contributed by atoms with Crippen LogP contribution in [-0.4, -0.2) is 53.4 Å². The molecule has 0 spiro atoms. The molecule has 1 aliphatic heterocycles. The van der Waals surface area contributed by atoms with E-state index >= 15 is 0 Å². The number of amides is 1. The molecule has 2 heterocycles. The molecule has 3 rings (SSSR count). The van der Waals surface area contributed by atoms with Crippen LogP contribution in [0.25, 0.3) is 0 Å². The summed E-state index contributed by atoms with van der Waals surface area (Å²) in [4.78, 5) is 23.2. The van der Waals surface area contributed by atoms with Crippen molar-refractivity contribution < 1.29 is 18.7 Å². The van der Waals surface area contributed by atoms with Gasteiger partial charge in [0.1, 0.15) is 12.3 Å². The third-order valence-electron chi connectivity index (χ3n) is 5.51. The lowest BCUT2D eigenvalue weighted by Crippen LogP contribution is -2.44. The van der Waals surface area contributed by atoms with Crippen molar-refractivity contribution in [2.45, 2.75) is 76.2 Å². The van der Waals surface area contributed by atoms with Crippen LogP contribution in [0, 0.1) is 11.9 Å². The zero-order valence-corrected chi connectivity index (χ0v) is 21.9. The Kier molecular flexibility index (Phi) is 6.98. The molecule has 0 saturated heterocycles. The van der Waals surface area contributed by atoms with Crippen molar-refractivity contribution in [3.63, 3.8) is 0 Å². The highest BCUT2D eigenvalue weighted by atomic mass is 32.2. The Bertz CT molecular complexity index is 902. The minimum Gasteiger partial charge on any atom is -0.443 e. The summed E-state index contributed by atoms with van der Waals surface area (Å²) >= 11 is 1.52. The number of nitrogen functional groups attached to an aromatic ring is 1.